The summed E-state index contributed by atoms with van der Waals surface area (Å²) < 4.78 is 5.83. The van der Waals surface area contributed by atoms with Gasteiger partial charge >= 0.3 is 0 Å². The van der Waals surface area contributed by atoms with Crippen molar-refractivity contribution in [2.45, 2.75) is 6.92 Å². The van der Waals surface area contributed by atoms with Crippen molar-refractivity contribution in [2.24, 2.45) is 0 Å². The highest BCUT2D eigenvalue weighted by Gasteiger charge is 2.07. The van der Waals surface area contributed by atoms with E-state index in [1.807, 2.05) is 85.8 Å². The predicted molar refractivity (Wildman–Crippen MR) is 113 cm³/mol. The predicted octanol–water partition coefficient (Wildman–Crippen LogP) is 5.57. The summed E-state index contributed by atoms with van der Waals surface area (Å²) in [6, 6.07) is 25.0. The third-order valence-corrected chi connectivity index (χ3v) is 4.21. The highest BCUT2D eigenvalue weighted by atomic mass is 16.5. The first kappa shape index (κ1) is 17.5. The lowest BCUT2D eigenvalue weighted by Crippen LogP contribution is -2.00. The standard InChI is InChI=1S/C23H20N4O/c1-16-15-25-23(17-6-5-7-18(24)14-17)27-22(16)26-19-10-12-21(13-11-19)28-20-8-3-2-4-9-20/h2-15H,24H2,1H3,(H,25,26,27). The Bertz CT molecular complexity index is 1080. The molecule has 1 aromatic heterocycles. The van der Waals surface area contributed by atoms with Gasteiger partial charge in [-0.2, -0.15) is 0 Å². The summed E-state index contributed by atoms with van der Waals surface area (Å²) >= 11 is 0. The fourth-order valence-electron chi connectivity index (χ4n) is 2.75. The molecule has 0 bridgehead atoms. The first-order chi connectivity index (χ1) is 13.7. The molecule has 138 valence electrons. The van der Waals surface area contributed by atoms with Crippen LogP contribution in [0, 0.1) is 6.92 Å². The van der Waals surface area contributed by atoms with Crippen LogP contribution in [-0.2, 0) is 0 Å². The normalized spacial score (nSPS) is 10.5. The zero-order valence-electron chi connectivity index (χ0n) is 15.5. The minimum atomic E-state index is 0.629. The number of benzene rings is 3. The van der Waals surface area contributed by atoms with Crippen molar-refractivity contribution in [3.05, 3.63) is 90.6 Å². The molecular formula is C23H20N4O. The summed E-state index contributed by atoms with van der Waals surface area (Å²) in [6.07, 6.45) is 1.81. The topological polar surface area (TPSA) is 73.1 Å². The Morgan fingerprint density at radius 1 is 0.857 bits per heavy atom. The Hall–Kier alpha value is -3.86. The van der Waals surface area contributed by atoms with Crippen molar-refractivity contribution in [3.8, 4) is 22.9 Å². The van der Waals surface area contributed by atoms with Crippen LogP contribution in [0.15, 0.2) is 85.1 Å². The minimum Gasteiger partial charge on any atom is -0.457 e. The highest BCUT2D eigenvalue weighted by Crippen LogP contribution is 2.26. The van der Waals surface area contributed by atoms with Gasteiger partial charge in [-0.1, -0.05) is 30.3 Å². The number of anilines is 3. The molecule has 5 nitrogen and oxygen atoms in total. The maximum atomic E-state index is 5.87. The number of hydrogen-bond donors (Lipinski definition) is 2. The molecule has 0 unspecified atom stereocenters. The first-order valence-corrected chi connectivity index (χ1v) is 8.97. The summed E-state index contributed by atoms with van der Waals surface area (Å²) in [6.45, 7) is 1.97. The van der Waals surface area contributed by atoms with E-state index in [4.69, 9.17) is 10.5 Å². The largest absolute Gasteiger partial charge is 0.457 e. The summed E-state index contributed by atoms with van der Waals surface area (Å²) in [4.78, 5) is 9.09. The zero-order chi connectivity index (χ0) is 19.3. The maximum Gasteiger partial charge on any atom is 0.161 e. The van der Waals surface area contributed by atoms with Crippen molar-refractivity contribution >= 4 is 17.2 Å². The molecule has 3 N–H and O–H groups in total. The smallest absolute Gasteiger partial charge is 0.161 e. The molecule has 0 aliphatic rings. The molecule has 0 fully saturated rings. The van der Waals surface area contributed by atoms with Crippen LogP contribution < -0.4 is 15.8 Å². The van der Waals surface area contributed by atoms with Gasteiger partial charge in [0, 0.05) is 28.7 Å². The van der Waals surface area contributed by atoms with E-state index >= 15 is 0 Å². The van der Waals surface area contributed by atoms with Crippen LogP contribution in [0.25, 0.3) is 11.4 Å². The quantitative estimate of drug-likeness (QED) is 0.451. The van der Waals surface area contributed by atoms with Crippen molar-refractivity contribution in [3.63, 3.8) is 0 Å². The lowest BCUT2D eigenvalue weighted by molar-refractivity contribution is 0.483. The van der Waals surface area contributed by atoms with Crippen LogP contribution in [0.4, 0.5) is 17.2 Å². The number of aryl methyl sites for hydroxylation is 1. The summed E-state index contributed by atoms with van der Waals surface area (Å²) in [7, 11) is 0. The highest BCUT2D eigenvalue weighted by molar-refractivity contribution is 5.65. The summed E-state index contributed by atoms with van der Waals surface area (Å²) in [5, 5.41) is 3.35. The van der Waals surface area contributed by atoms with Crippen LogP contribution in [0.2, 0.25) is 0 Å². The summed E-state index contributed by atoms with van der Waals surface area (Å²) in [5.74, 6) is 2.96. The van der Waals surface area contributed by atoms with E-state index in [0.717, 1.165) is 34.1 Å². The number of aromatic nitrogens is 2. The van der Waals surface area contributed by atoms with Gasteiger partial charge < -0.3 is 15.8 Å². The fraction of sp³-hybridized carbons (Fsp3) is 0.0435. The number of nitrogens with zero attached hydrogens (tertiary/aromatic N) is 2. The Labute approximate surface area is 163 Å². The second-order valence-corrected chi connectivity index (χ2v) is 6.42. The van der Waals surface area contributed by atoms with E-state index in [2.05, 4.69) is 15.3 Å². The third-order valence-electron chi connectivity index (χ3n) is 4.21. The van der Waals surface area contributed by atoms with Gasteiger partial charge in [0.15, 0.2) is 5.82 Å². The van der Waals surface area contributed by atoms with E-state index in [9.17, 15) is 0 Å². The summed E-state index contributed by atoms with van der Waals surface area (Å²) in [5.41, 5.74) is 9.32. The Morgan fingerprint density at radius 3 is 2.36 bits per heavy atom. The number of hydrogen-bond acceptors (Lipinski definition) is 5. The first-order valence-electron chi connectivity index (χ1n) is 8.97. The molecular weight excluding hydrogens is 348 g/mol. The average Bonchev–Trinajstić information content (AvgIpc) is 2.72. The molecule has 0 amide bonds. The van der Waals surface area contributed by atoms with E-state index in [-0.39, 0.29) is 0 Å². The van der Waals surface area contributed by atoms with Gasteiger partial charge in [0.2, 0.25) is 0 Å². The Kier molecular flexibility index (Phi) is 4.89. The molecule has 4 aromatic rings. The maximum absolute atomic E-state index is 5.87. The van der Waals surface area contributed by atoms with Gasteiger partial charge in [-0.25, -0.2) is 9.97 Å². The van der Waals surface area contributed by atoms with Crippen LogP contribution in [-0.4, -0.2) is 9.97 Å². The van der Waals surface area contributed by atoms with Crippen LogP contribution in [0.5, 0.6) is 11.5 Å². The molecule has 0 spiro atoms. The second kappa shape index (κ2) is 7.80. The van der Waals surface area contributed by atoms with Crippen LogP contribution in [0.1, 0.15) is 5.56 Å². The van der Waals surface area contributed by atoms with Crippen LogP contribution >= 0.6 is 0 Å². The van der Waals surface area contributed by atoms with Gasteiger partial charge in [-0.15, -0.1) is 0 Å². The third kappa shape index (κ3) is 4.10. The van der Waals surface area contributed by atoms with E-state index in [0.29, 0.717) is 11.5 Å². The minimum absolute atomic E-state index is 0.629. The van der Waals surface area contributed by atoms with Gasteiger partial charge in [-0.05, 0) is 55.5 Å². The van der Waals surface area contributed by atoms with E-state index in [1.54, 1.807) is 6.20 Å². The Balaban J connectivity index is 1.53. The molecule has 0 saturated heterocycles. The van der Waals surface area contributed by atoms with Gasteiger partial charge in [0.05, 0.1) is 0 Å². The van der Waals surface area contributed by atoms with Crippen molar-refractivity contribution in [1.82, 2.24) is 9.97 Å². The number of nitrogens with two attached hydrogens (primary N) is 1. The van der Waals surface area contributed by atoms with Crippen molar-refractivity contribution in [2.75, 3.05) is 11.1 Å². The molecule has 3 aromatic carbocycles. The number of para-hydroxylation sites is 1. The lowest BCUT2D eigenvalue weighted by Gasteiger charge is -2.11. The molecule has 0 atom stereocenters. The van der Waals surface area contributed by atoms with E-state index in [1.165, 1.54) is 0 Å². The molecule has 0 aliphatic heterocycles. The van der Waals surface area contributed by atoms with Crippen LogP contribution in [0.3, 0.4) is 0 Å². The molecule has 5 heteroatoms. The fourth-order valence-corrected chi connectivity index (χ4v) is 2.75. The van der Waals surface area contributed by atoms with Crippen molar-refractivity contribution in [1.29, 1.82) is 0 Å². The number of rotatable bonds is 5. The van der Waals surface area contributed by atoms with Gasteiger partial charge in [0.1, 0.15) is 17.3 Å². The molecule has 4 rings (SSSR count). The molecule has 28 heavy (non-hydrogen) atoms. The molecule has 0 radical (unpaired) electrons. The lowest BCUT2D eigenvalue weighted by atomic mass is 10.2. The van der Waals surface area contributed by atoms with Crippen molar-refractivity contribution < 1.29 is 4.74 Å². The SMILES string of the molecule is Cc1cnc(-c2cccc(N)c2)nc1Nc1ccc(Oc2ccccc2)cc1. The number of nitrogens with one attached hydrogen (secondary N) is 1. The monoisotopic (exact) mass is 368 g/mol. The number of nitrogen functional groups attached to an aromatic ring is 1. The second-order valence-electron chi connectivity index (χ2n) is 6.42. The average molecular weight is 368 g/mol. The zero-order valence-corrected chi connectivity index (χ0v) is 15.5. The van der Waals surface area contributed by atoms with Gasteiger partial charge in [0.25, 0.3) is 0 Å². The molecule has 0 saturated carbocycles. The Morgan fingerprint density at radius 2 is 1.61 bits per heavy atom. The molecule has 0 aliphatic carbocycles. The van der Waals surface area contributed by atoms with E-state index < -0.39 is 0 Å². The molecule has 1 heterocycles. The number of ether oxygens (including phenoxy) is 1. The van der Waals surface area contributed by atoms with Gasteiger partial charge in [-0.3, -0.25) is 0 Å².